The third-order valence-corrected chi connectivity index (χ3v) is 5.13. The van der Waals surface area contributed by atoms with Crippen LogP contribution in [0.4, 0.5) is 4.39 Å². The molecule has 2 rings (SSSR count). The quantitative estimate of drug-likeness (QED) is 0.299. The highest BCUT2D eigenvalue weighted by atomic mass is 19.1. The number of nitrogens with zero attached hydrogens (tertiary/aromatic N) is 1. The van der Waals surface area contributed by atoms with Gasteiger partial charge in [0.05, 0.1) is 18.6 Å². The van der Waals surface area contributed by atoms with E-state index in [9.17, 15) is 9.18 Å². The molecule has 1 amide bonds. The Bertz CT molecular complexity index is 630. The molecule has 1 aromatic rings. The highest BCUT2D eigenvalue weighted by Crippen LogP contribution is 2.20. The van der Waals surface area contributed by atoms with Crippen LogP contribution in [0, 0.1) is 11.7 Å². The van der Waals surface area contributed by atoms with Crippen molar-refractivity contribution in [3.8, 4) is 0 Å². The molecule has 1 aromatic carbocycles. The molecular formula is C22H35FN4O2. The molecule has 0 bridgehead atoms. The molecule has 6 nitrogen and oxygen atoms in total. The number of carbonyl (C=O) groups excluding carboxylic acids is 1. The summed E-state index contributed by atoms with van der Waals surface area (Å²) in [7, 11) is 0. The van der Waals surface area contributed by atoms with Gasteiger partial charge in [-0.05, 0) is 50.3 Å². The minimum Gasteiger partial charge on any atom is -0.378 e. The molecule has 0 saturated heterocycles. The van der Waals surface area contributed by atoms with E-state index < -0.39 is 11.8 Å². The van der Waals surface area contributed by atoms with Crippen LogP contribution in [0.25, 0.3) is 0 Å². The fourth-order valence-electron chi connectivity index (χ4n) is 3.46. The van der Waals surface area contributed by atoms with E-state index in [1.54, 1.807) is 12.1 Å². The third-order valence-electron chi connectivity index (χ3n) is 5.13. The number of nitrogens with one attached hydrogen (secondary N) is 2. The van der Waals surface area contributed by atoms with Gasteiger partial charge < -0.3 is 21.1 Å². The first-order valence-electron chi connectivity index (χ1n) is 10.8. The molecule has 29 heavy (non-hydrogen) atoms. The summed E-state index contributed by atoms with van der Waals surface area (Å²) in [5, 5.41) is 6.47. The molecule has 1 unspecified atom stereocenters. The molecule has 1 saturated carbocycles. The monoisotopic (exact) mass is 406 g/mol. The van der Waals surface area contributed by atoms with Crippen LogP contribution in [0.5, 0.6) is 0 Å². The number of aliphatic imine (C=N–C) groups is 1. The second-order valence-electron chi connectivity index (χ2n) is 7.56. The van der Waals surface area contributed by atoms with Crippen molar-refractivity contribution in [1.29, 1.82) is 0 Å². The number of amides is 1. The van der Waals surface area contributed by atoms with E-state index in [1.165, 1.54) is 44.2 Å². The molecule has 4 N–H and O–H groups in total. The van der Waals surface area contributed by atoms with Crippen LogP contribution in [0.3, 0.4) is 0 Å². The number of halogens is 1. The first-order chi connectivity index (χ1) is 14.1. The largest absolute Gasteiger partial charge is 0.378 e. The molecule has 162 valence electrons. The first kappa shape index (κ1) is 23.1. The Labute approximate surface area is 173 Å². The van der Waals surface area contributed by atoms with Crippen LogP contribution in [-0.4, -0.2) is 44.2 Å². The molecule has 0 radical (unpaired) electrons. The lowest BCUT2D eigenvalue weighted by Crippen LogP contribution is -2.39. The van der Waals surface area contributed by atoms with Crippen molar-refractivity contribution in [3.05, 3.63) is 35.6 Å². The molecule has 1 fully saturated rings. The number of rotatable bonds is 11. The van der Waals surface area contributed by atoms with E-state index in [4.69, 9.17) is 10.5 Å². The number of ether oxygens (including phenoxy) is 1. The van der Waals surface area contributed by atoms with Gasteiger partial charge in [0.1, 0.15) is 5.82 Å². The van der Waals surface area contributed by atoms with Crippen molar-refractivity contribution >= 4 is 11.9 Å². The number of carbonyl (C=O) groups is 1. The molecule has 0 heterocycles. The molecule has 0 spiro atoms. The lowest BCUT2D eigenvalue weighted by molar-refractivity contribution is -0.121. The standard InChI is InChI=1S/C22H35FN4O2/c1-2-25-22(26-13-6-14-29-20-7-4-3-5-8-20)27-16-18(21(24)28)15-17-9-11-19(23)12-10-17/h9-12,18,20H,2-8,13-16H2,1H3,(H2,24,28)(H2,25,26,27). The van der Waals surface area contributed by atoms with Crippen LogP contribution in [0.1, 0.15) is 51.0 Å². The van der Waals surface area contributed by atoms with Crippen molar-refractivity contribution in [3.63, 3.8) is 0 Å². The molecule has 1 atom stereocenters. The Morgan fingerprint density at radius 3 is 2.62 bits per heavy atom. The molecule has 1 aliphatic carbocycles. The molecule has 0 aromatic heterocycles. The number of primary amides is 1. The number of nitrogens with two attached hydrogens (primary N) is 1. The van der Waals surface area contributed by atoms with Crippen molar-refractivity contribution in [2.24, 2.45) is 16.6 Å². The third kappa shape index (κ3) is 9.26. The summed E-state index contributed by atoms with van der Waals surface area (Å²) < 4.78 is 19.0. The summed E-state index contributed by atoms with van der Waals surface area (Å²) in [6, 6.07) is 6.12. The Hall–Kier alpha value is -2.15. The summed E-state index contributed by atoms with van der Waals surface area (Å²) in [5.74, 6) is -0.482. The minimum absolute atomic E-state index is 0.278. The van der Waals surface area contributed by atoms with Crippen LogP contribution in [0.15, 0.2) is 29.3 Å². The van der Waals surface area contributed by atoms with Gasteiger partial charge in [-0.3, -0.25) is 9.79 Å². The summed E-state index contributed by atoms with van der Waals surface area (Å²) in [5.41, 5.74) is 6.41. The summed E-state index contributed by atoms with van der Waals surface area (Å²) in [6.07, 6.45) is 8.01. The summed E-state index contributed by atoms with van der Waals surface area (Å²) >= 11 is 0. The Balaban J connectivity index is 1.77. The van der Waals surface area contributed by atoms with Gasteiger partial charge in [0.2, 0.25) is 5.91 Å². The predicted octanol–water partition coefficient (Wildman–Crippen LogP) is 2.76. The molecule has 7 heteroatoms. The lowest BCUT2D eigenvalue weighted by Gasteiger charge is -2.22. The van der Waals surface area contributed by atoms with Crippen molar-refractivity contribution in [2.75, 3.05) is 26.2 Å². The van der Waals surface area contributed by atoms with Crippen molar-refractivity contribution in [1.82, 2.24) is 10.6 Å². The van der Waals surface area contributed by atoms with Gasteiger partial charge >= 0.3 is 0 Å². The highest BCUT2D eigenvalue weighted by molar-refractivity contribution is 5.81. The van der Waals surface area contributed by atoms with Crippen LogP contribution < -0.4 is 16.4 Å². The van der Waals surface area contributed by atoms with Crippen molar-refractivity contribution in [2.45, 2.75) is 58.0 Å². The van der Waals surface area contributed by atoms with Gasteiger partial charge in [0.25, 0.3) is 0 Å². The van der Waals surface area contributed by atoms with E-state index >= 15 is 0 Å². The minimum atomic E-state index is -0.439. The summed E-state index contributed by atoms with van der Waals surface area (Å²) in [6.45, 7) is 4.49. The van der Waals surface area contributed by atoms with Crippen LogP contribution in [0.2, 0.25) is 0 Å². The molecule has 0 aliphatic heterocycles. The number of guanidine groups is 1. The topological polar surface area (TPSA) is 88.7 Å². The number of hydrogen-bond acceptors (Lipinski definition) is 3. The smallest absolute Gasteiger partial charge is 0.222 e. The van der Waals surface area contributed by atoms with Crippen LogP contribution >= 0.6 is 0 Å². The van der Waals surface area contributed by atoms with Gasteiger partial charge in [-0.15, -0.1) is 0 Å². The summed E-state index contributed by atoms with van der Waals surface area (Å²) in [4.78, 5) is 16.3. The second-order valence-corrected chi connectivity index (χ2v) is 7.56. The van der Waals surface area contributed by atoms with E-state index in [-0.39, 0.29) is 12.4 Å². The van der Waals surface area contributed by atoms with Gasteiger partial charge in [0, 0.05) is 19.7 Å². The fraction of sp³-hybridized carbons (Fsp3) is 0.636. The first-order valence-corrected chi connectivity index (χ1v) is 10.8. The van der Waals surface area contributed by atoms with Gasteiger partial charge in [-0.25, -0.2) is 4.39 Å². The second kappa shape index (κ2) is 13.1. The van der Waals surface area contributed by atoms with Crippen molar-refractivity contribution < 1.29 is 13.9 Å². The molecule has 1 aliphatic rings. The van der Waals surface area contributed by atoms with E-state index in [0.29, 0.717) is 18.5 Å². The molecular weight excluding hydrogens is 371 g/mol. The van der Waals surface area contributed by atoms with Crippen LogP contribution in [-0.2, 0) is 16.0 Å². The zero-order valence-electron chi connectivity index (χ0n) is 17.5. The average molecular weight is 407 g/mol. The Morgan fingerprint density at radius 2 is 1.97 bits per heavy atom. The van der Waals surface area contributed by atoms with E-state index in [1.807, 2.05) is 6.92 Å². The number of benzene rings is 1. The maximum absolute atomic E-state index is 13.1. The van der Waals surface area contributed by atoms with E-state index in [0.717, 1.165) is 31.7 Å². The van der Waals surface area contributed by atoms with Gasteiger partial charge in [-0.1, -0.05) is 31.4 Å². The number of hydrogen-bond donors (Lipinski definition) is 3. The zero-order valence-corrected chi connectivity index (χ0v) is 17.5. The Morgan fingerprint density at radius 1 is 1.24 bits per heavy atom. The fourth-order valence-corrected chi connectivity index (χ4v) is 3.46. The average Bonchev–Trinajstić information content (AvgIpc) is 2.72. The van der Waals surface area contributed by atoms with Gasteiger partial charge in [-0.2, -0.15) is 0 Å². The lowest BCUT2D eigenvalue weighted by atomic mass is 9.98. The predicted molar refractivity (Wildman–Crippen MR) is 114 cm³/mol. The van der Waals surface area contributed by atoms with E-state index in [2.05, 4.69) is 15.6 Å². The maximum Gasteiger partial charge on any atom is 0.222 e. The Kier molecular flexibility index (Phi) is 10.5. The highest BCUT2D eigenvalue weighted by Gasteiger charge is 2.16. The van der Waals surface area contributed by atoms with Gasteiger partial charge in [0.15, 0.2) is 5.96 Å². The normalized spacial score (nSPS) is 16.4. The zero-order chi connectivity index (χ0) is 20.9. The SMILES string of the molecule is CCNC(=NCC(Cc1ccc(F)cc1)C(N)=O)NCCCOC1CCCCC1. The maximum atomic E-state index is 13.1.